The number of fused-ring (bicyclic) bond motifs is 1. The van der Waals surface area contributed by atoms with Crippen LogP contribution in [-0.2, 0) is 0 Å². The van der Waals surface area contributed by atoms with Gasteiger partial charge in [0, 0.05) is 30.3 Å². The Balaban J connectivity index is 2.04. The molecule has 5 nitrogen and oxygen atoms in total. The van der Waals surface area contributed by atoms with Crippen LogP contribution in [0.3, 0.4) is 0 Å². The van der Waals surface area contributed by atoms with Gasteiger partial charge in [0.25, 0.3) is 0 Å². The molecule has 0 bridgehead atoms. The van der Waals surface area contributed by atoms with Crippen molar-refractivity contribution in [1.82, 2.24) is 9.97 Å². The maximum absolute atomic E-state index is 5.72. The molecule has 0 saturated carbocycles. The van der Waals surface area contributed by atoms with Crippen molar-refractivity contribution in [3.05, 3.63) is 29.5 Å². The maximum Gasteiger partial charge on any atom is 0.161 e. The van der Waals surface area contributed by atoms with Gasteiger partial charge in [0.15, 0.2) is 17.3 Å². The molecule has 3 rings (SSSR count). The first kappa shape index (κ1) is 13.7. The van der Waals surface area contributed by atoms with Crippen LogP contribution in [0.2, 0.25) is 0 Å². The number of aromatic nitrogens is 2. The molecule has 0 unspecified atom stereocenters. The smallest absolute Gasteiger partial charge is 0.161 e. The zero-order valence-corrected chi connectivity index (χ0v) is 12.6. The Morgan fingerprint density at radius 1 is 1.05 bits per heavy atom. The molecule has 0 aliphatic carbocycles. The Kier molecular flexibility index (Phi) is 3.64. The number of ether oxygens (including phenoxy) is 2. The second-order valence-corrected chi connectivity index (χ2v) is 5.07. The average Bonchev–Trinajstić information content (AvgIpc) is 2.74. The summed E-state index contributed by atoms with van der Waals surface area (Å²) in [6, 6.07) is 5.84. The third kappa shape index (κ3) is 2.63. The molecule has 2 heterocycles. The standard InChI is InChI=1S/C16H19N3O2/c1-10-11(2)18-16(19-15(10)17-3)12-5-6-13-14(9-12)21-8-4-7-20-13/h5-6,9H,4,7-8H2,1-3H3,(H,17,18,19). The third-order valence-corrected chi connectivity index (χ3v) is 3.63. The summed E-state index contributed by atoms with van der Waals surface area (Å²) in [5.74, 6) is 3.09. The Morgan fingerprint density at radius 2 is 1.81 bits per heavy atom. The molecule has 0 fully saturated rings. The Labute approximate surface area is 124 Å². The fraction of sp³-hybridized carbons (Fsp3) is 0.375. The lowest BCUT2D eigenvalue weighted by atomic mass is 10.1. The second kappa shape index (κ2) is 5.60. The highest BCUT2D eigenvalue weighted by Gasteiger charge is 2.14. The van der Waals surface area contributed by atoms with Crippen molar-refractivity contribution in [3.8, 4) is 22.9 Å². The van der Waals surface area contributed by atoms with Crippen molar-refractivity contribution in [1.29, 1.82) is 0 Å². The van der Waals surface area contributed by atoms with Gasteiger partial charge in [-0.3, -0.25) is 0 Å². The van der Waals surface area contributed by atoms with Crippen LogP contribution >= 0.6 is 0 Å². The van der Waals surface area contributed by atoms with E-state index in [0.717, 1.165) is 40.6 Å². The average molecular weight is 285 g/mol. The van der Waals surface area contributed by atoms with E-state index in [1.807, 2.05) is 39.1 Å². The maximum atomic E-state index is 5.72. The predicted molar refractivity (Wildman–Crippen MR) is 82.1 cm³/mol. The van der Waals surface area contributed by atoms with Crippen molar-refractivity contribution in [2.45, 2.75) is 20.3 Å². The van der Waals surface area contributed by atoms with E-state index in [1.165, 1.54) is 0 Å². The van der Waals surface area contributed by atoms with Gasteiger partial charge in [-0.15, -0.1) is 0 Å². The summed E-state index contributed by atoms with van der Waals surface area (Å²) in [5, 5.41) is 3.11. The number of hydrogen-bond donors (Lipinski definition) is 1. The van der Waals surface area contributed by atoms with Crippen molar-refractivity contribution in [2.75, 3.05) is 25.6 Å². The topological polar surface area (TPSA) is 56.3 Å². The number of nitrogens with zero attached hydrogens (tertiary/aromatic N) is 2. The summed E-state index contributed by atoms with van der Waals surface area (Å²) in [5.41, 5.74) is 2.96. The van der Waals surface area contributed by atoms with Crippen LogP contribution in [0.5, 0.6) is 11.5 Å². The summed E-state index contributed by atoms with van der Waals surface area (Å²) in [6.45, 7) is 5.37. The van der Waals surface area contributed by atoms with Crippen molar-refractivity contribution in [3.63, 3.8) is 0 Å². The first-order valence-electron chi connectivity index (χ1n) is 7.12. The molecule has 1 aliphatic heterocycles. The molecule has 0 saturated heterocycles. The SMILES string of the molecule is CNc1nc(-c2ccc3c(c2)OCCCO3)nc(C)c1C. The minimum atomic E-state index is 0.673. The monoisotopic (exact) mass is 285 g/mol. The molecule has 2 aromatic rings. The summed E-state index contributed by atoms with van der Waals surface area (Å²) in [4.78, 5) is 9.15. The number of hydrogen-bond acceptors (Lipinski definition) is 5. The zero-order valence-electron chi connectivity index (χ0n) is 12.6. The van der Waals surface area contributed by atoms with E-state index in [2.05, 4.69) is 15.3 Å². The van der Waals surface area contributed by atoms with Gasteiger partial charge in [-0.05, 0) is 32.0 Å². The highest BCUT2D eigenvalue weighted by Crippen LogP contribution is 2.33. The van der Waals surface area contributed by atoms with Gasteiger partial charge in [0.1, 0.15) is 5.82 Å². The normalized spacial score (nSPS) is 13.7. The first-order valence-corrected chi connectivity index (χ1v) is 7.12. The van der Waals surface area contributed by atoms with E-state index < -0.39 is 0 Å². The van der Waals surface area contributed by atoms with Crippen LogP contribution in [0.1, 0.15) is 17.7 Å². The molecule has 1 aromatic carbocycles. The van der Waals surface area contributed by atoms with E-state index in [0.29, 0.717) is 19.0 Å². The van der Waals surface area contributed by atoms with Gasteiger partial charge in [0.2, 0.25) is 0 Å². The molecular formula is C16H19N3O2. The summed E-state index contributed by atoms with van der Waals surface area (Å²) in [7, 11) is 1.87. The van der Waals surface area contributed by atoms with E-state index in [-0.39, 0.29) is 0 Å². The minimum absolute atomic E-state index is 0.673. The van der Waals surface area contributed by atoms with Crippen molar-refractivity contribution in [2.24, 2.45) is 0 Å². The molecule has 21 heavy (non-hydrogen) atoms. The summed E-state index contributed by atoms with van der Waals surface area (Å²) >= 11 is 0. The van der Waals surface area contributed by atoms with Crippen LogP contribution < -0.4 is 14.8 Å². The number of aryl methyl sites for hydroxylation is 1. The lowest BCUT2D eigenvalue weighted by molar-refractivity contribution is 0.297. The van der Waals surface area contributed by atoms with Gasteiger partial charge >= 0.3 is 0 Å². The quantitative estimate of drug-likeness (QED) is 0.919. The number of rotatable bonds is 2. The van der Waals surface area contributed by atoms with Gasteiger partial charge in [-0.2, -0.15) is 0 Å². The van der Waals surface area contributed by atoms with E-state index in [4.69, 9.17) is 9.47 Å². The first-order chi connectivity index (χ1) is 10.2. The summed E-state index contributed by atoms with van der Waals surface area (Å²) < 4.78 is 11.4. The fourth-order valence-corrected chi connectivity index (χ4v) is 2.30. The lowest BCUT2D eigenvalue weighted by Gasteiger charge is -2.12. The zero-order chi connectivity index (χ0) is 14.8. The lowest BCUT2D eigenvalue weighted by Crippen LogP contribution is -2.03. The largest absolute Gasteiger partial charge is 0.490 e. The van der Waals surface area contributed by atoms with Crippen LogP contribution in [0, 0.1) is 13.8 Å². The van der Waals surface area contributed by atoms with Gasteiger partial charge < -0.3 is 14.8 Å². The molecule has 110 valence electrons. The van der Waals surface area contributed by atoms with Gasteiger partial charge in [-0.1, -0.05) is 0 Å². The number of benzene rings is 1. The Bertz CT molecular complexity index is 671. The molecule has 0 spiro atoms. The number of nitrogens with one attached hydrogen (secondary N) is 1. The molecule has 0 radical (unpaired) electrons. The third-order valence-electron chi connectivity index (χ3n) is 3.63. The van der Waals surface area contributed by atoms with Crippen LogP contribution in [-0.4, -0.2) is 30.2 Å². The molecule has 1 aromatic heterocycles. The molecular weight excluding hydrogens is 266 g/mol. The molecule has 1 aliphatic rings. The van der Waals surface area contributed by atoms with Crippen LogP contribution in [0.15, 0.2) is 18.2 Å². The highest BCUT2D eigenvalue weighted by molar-refractivity contribution is 5.63. The Morgan fingerprint density at radius 3 is 2.57 bits per heavy atom. The second-order valence-electron chi connectivity index (χ2n) is 5.07. The highest BCUT2D eigenvalue weighted by atomic mass is 16.5. The van der Waals surface area contributed by atoms with Gasteiger partial charge in [-0.25, -0.2) is 9.97 Å². The number of anilines is 1. The predicted octanol–water partition coefficient (Wildman–Crippen LogP) is 2.96. The van der Waals surface area contributed by atoms with Crippen LogP contribution in [0.4, 0.5) is 5.82 Å². The van der Waals surface area contributed by atoms with Crippen LogP contribution in [0.25, 0.3) is 11.4 Å². The fourth-order valence-electron chi connectivity index (χ4n) is 2.30. The Hall–Kier alpha value is -2.30. The van der Waals surface area contributed by atoms with E-state index in [1.54, 1.807) is 0 Å². The minimum Gasteiger partial charge on any atom is -0.490 e. The van der Waals surface area contributed by atoms with E-state index >= 15 is 0 Å². The van der Waals surface area contributed by atoms with Gasteiger partial charge in [0.05, 0.1) is 13.2 Å². The molecule has 5 heteroatoms. The van der Waals surface area contributed by atoms with Crippen molar-refractivity contribution >= 4 is 5.82 Å². The molecule has 1 N–H and O–H groups in total. The molecule has 0 amide bonds. The molecule has 0 atom stereocenters. The van der Waals surface area contributed by atoms with E-state index in [9.17, 15) is 0 Å². The van der Waals surface area contributed by atoms with Crippen molar-refractivity contribution < 1.29 is 9.47 Å². The summed E-state index contributed by atoms with van der Waals surface area (Å²) in [6.07, 6.45) is 0.897.